The fraction of sp³-hybridized carbons (Fsp3) is 0.705. The van der Waals surface area contributed by atoms with Crippen molar-refractivity contribution in [3.05, 3.63) is 36.5 Å². The molecule has 6 unspecified atom stereocenters. The van der Waals surface area contributed by atoms with Gasteiger partial charge in [0.05, 0.1) is 91.8 Å². The van der Waals surface area contributed by atoms with Crippen molar-refractivity contribution >= 4 is 213 Å². The highest BCUT2D eigenvalue weighted by molar-refractivity contribution is 9.11. The van der Waals surface area contributed by atoms with Crippen molar-refractivity contribution in [3.63, 3.8) is 0 Å². The molecule has 0 aromatic carbocycles. The summed E-state index contributed by atoms with van der Waals surface area (Å²) in [7, 11) is 0. The molecule has 9 rings (SSSR count). The van der Waals surface area contributed by atoms with E-state index in [9.17, 15) is 81.5 Å². The number of hydrogen-bond acceptors (Lipinski definition) is 31. The van der Waals surface area contributed by atoms with Crippen molar-refractivity contribution in [2.75, 3.05) is 92.3 Å². The van der Waals surface area contributed by atoms with Crippen molar-refractivity contribution in [1.82, 2.24) is 14.7 Å². The van der Waals surface area contributed by atoms with Crippen LogP contribution < -0.4 is 0 Å². The second-order valence-corrected chi connectivity index (χ2v) is 48.4. The van der Waals surface area contributed by atoms with Gasteiger partial charge in [-0.05, 0) is 125 Å². The zero-order valence-corrected chi connectivity index (χ0v) is 80.0. The fourth-order valence-corrected chi connectivity index (χ4v) is 13.6. The van der Waals surface area contributed by atoms with Gasteiger partial charge < -0.3 is 66.3 Å². The van der Waals surface area contributed by atoms with E-state index in [1.165, 1.54) is 88.0 Å². The summed E-state index contributed by atoms with van der Waals surface area (Å²) in [4.78, 5) is 221. The van der Waals surface area contributed by atoms with Gasteiger partial charge in [0.15, 0.2) is 0 Å². The van der Waals surface area contributed by atoms with Gasteiger partial charge in [0.2, 0.25) is 35.4 Å². The van der Waals surface area contributed by atoms with Crippen LogP contribution in [0.25, 0.3) is 0 Å². The number of esters is 11. The zero-order chi connectivity index (χ0) is 90.0. The normalized spacial score (nSPS) is 24.2. The van der Waals surface area contributed by atoms with Gasteiger partial charge in [0, 0.05) is 0 Å². The van der Waals surface area contributed by atoms with Crippen molar-refractivity contribution in [2.24, 2.45) is 57.2 Å². The molecule has 6 bridgehead atoms. The van der Waals surface area contributed by atoms with Crippen LogP contribution in [0.2, 0.25) is 0 Å². The molecule has 0 spiro atoms. The molecule has 0 aliphatic carbocycles. The van der Waals surface area contributed by atoms with Crippen LogP contribution in [-0.2, 0) is 148 Å². The van der Waals surface area contributed by atoms with E-state index in [2.05, 4.69) is 112 Å². The minimum atomic E-state index is -2.04. The van der Waals surface area contributed by atoms with Gasteiger partial charge in [0.1, 0.15) is 125 Å². The number of fused-ring (bicyclic) bond motifs is 15. The minimum absolute atomic E-state index is 0.00834. The summed E-state index contributed by atoms with van der Waals surface area (Å²) < 4.78 is 68.8. The Hall–Kier alpha value is -5.95. The maximum Gasteiger partial charge on any atom is 0.322 e. The number of likely N-dealkylation sites (tertiary alicyclic amines) is 3. The highest BCUT2D eigenvalue weighted by Gasteiger charge is 2.64. The van der Waals surface area contributed by atoms with Crippen LogP contribution in [0.5, 0.6) is 0 Å². The molecule has 0 aromatic rings. The largest absolute Gasteiger partial charge is 0.464 e. The Balaban J connectivity index is 0.000000287. The average Bonchev–Trinajstić information content (AvgIpc) is 1.58. The Bertz CT molecular complexity index is 3830. The Morgan fingerprint density at radius 3 is 0.521 bits per heavy atom. The van der Waals surface area contributed by atoms with Gasteiger partial charge in [-0.1, -0.05) is 148 Å². The number of alkyl halides is 7. The topological polar surface area (TPSA) is 429 Å². The summed E-state index contributed by atoms with van der Waals surface area (Å²) in [5.41, 5.74) is -7.26. The summed E-state index contributed by atoms with van der Waals surface area (Å²) in [6.07, 6.45) is 8.25. The van der Waals surface area contributed by atoms with Crippen molar-refractivity contribution in [2.45, 2.75) is 192 Å². The van der Waals surface area contributed by atoms with E-state index in [4.69, 9.17) is 66.3 Å². The first-order valence-corrected chi connectivity index (χ1v) is 43.3. The predicted octanol–water partition coefficient (Wildman–Crippen LogP) is 6.99. The Kier molecular flexibility index (Phi) is 32.2. The average molecular weight is 2130 g/mol. The number of ether oxygens (including phenoxy) is 14. The smallest absolute Gasteiger partial charge is 0.322 e. The van der Waals surface area contributed by atoms with Gasteiger partial charge in [-0.15, -0.1) is 0 Å². The van der Waals surface area contributed by atoms with Crippen LogP contribution in [0.3, 0.4) is 0 Å². The molecule has 6 fully saturated rings. The van der Waals surface area contributed by atoms with E-state index in [0.717, 1.165) is 9.80 Å². The number of nitrogens with zero attached hydrogens (tertiary/aromatic N) is 3. The summed E-state index contributed by atoms with van der Waals surface area (Å²) >= 11 is 22.4. The zero-order valence-electron chi connectivity index (χ0n) is 68.9. The maximum absolute atomic E-state index is 14.0. The number of rotatable bonds is 36. The molecule has 9 aliphatic rings. The molecule has 6 saturated heterocycles. The summed E-state index contributed by atoms with van der Waals surface area (Å²) in [6.45, 7) is 20.9. The van der Waals surface area contributed by atoms with E-state index < -0.39 is 249 Å². The lowest BCUT2D eigenvalue weighted by Gasteiger charge is -2.33. The van der Waals surface area contributed by atoms with Crippen LogP contribution in [0, 0.1) is 57.2 Å². The summed E-state index contributed by atoms with van der Waals surface area (Å²) in [6, 6.07) is 0. The Morgan fingerprint density at radius 1 is 0.244 bits per heavy atom. The molecule has 41 heteroatoms. The van der Waals surface area contributed by atoms with Crippen LogP contribution in [0.4, 0.5) is 0 Å². The maximum atomic E-state index is 14.0. The van der Waals surface area contributed by atoms with Gasteiger partial charge in [-0.25, -0.2) is 0 Å². The van der Waals surface area contributed by atoms with Gasteiger partial charge in [0.25, 0.3) is 0 Å². The number of carbonyl (C=O) groups excluding carboxylic acids is 17. The number of halogens is 7. The highest BCUT2D eigenvalue weighted by Crippen LogP contribution is 2.48. The summed E-state index contributed by atoms with van der Waals surface area (Å²) in [5, 5.41) is 0. The molecule has 34 nitrogen and oxygen atoms in total. The molecular formula is C78H100Br7N3O31. The molecule has 12 atom stereocenters. The first-order chi connectivity index (χ1) is 54.4. The van der Waals surface area contributed by atoms with Gasteiger partial charge in [-0.2, -0.15) is 0 Å². The van der Waals surface area contributed by atoms with Crippen molar-refractivity contribution in [3.8, 4) is 0 Å². The highest BCUT2D eigenvalue weighted by atomic mass is 79.9. The number of carbonyl (C=O) groups is 17. The molecule has 0 aromatic heterocycles. The third-order valence-electron chi connectivity index (χ3n) is 20.2. The standard InChI is InChI=1S/C41H55Br4NO17.C23H29Br2NO9.C14H16BrNO5/c1-35(2,42)28(49)57-16-40(10,17-58-29(50)36(3,4)43)33(54)61-20-39(9,32(53)56-15-14-46-26(47)24-22-12-13-23(63-22)25(24)27(46)48)21-62-34(55)41(11,18-59-30(51)37(5,6)44)19-60-31(52)38(7,8)45;1-21(2,24)18(29)33-10-23(5,11-34-19(30)22(3,4)25)20(31)32-9-8-26-16(27)14-12-6-7-13(35-12)15(14)17(26)28;1-14(2,15)13(19)20-6-5-16-11(17)9-7-3-4-8(21-7)10(9)12(16)18/h12-13,22-25H,14-21H2,1-11H3;6-7,12-15H,8-11H2,1-5H3;3-4,7-10H,5-6H2,1-2H3/t22?,23?,24-,25+;12?,13?,14-,15+;7?,8?,9-,10+. The van der Waals surface area contributed by atoms with E-state index in [1.807, 2.05) is 12.2 Å². The molecule has 119 heavy (non-hydrogen) atoms. The molecule has 6 amide bonds. The third-order valence-corrected chi connectivity index (χ3v) is 22.5. The molecular weight excluding hydrogens is 2030 g/mol. The molecule has 0 saturated carbocycles. The van der Waals surface area contributed by atoms with Crippen LogP contribution in [0.15, 0.2) is 36.5 Å². The summed E-state index contributed by atoms with van der Waals surface area (Å²) in [5.74, 6) is -14.2. The lowest BCUT2D eigenvalue weighted by Crippen LogP contribution is -2.48. The lowest BCUT2D eigenvalue weighted by atomic mass is 9.85. The molecule has 662 valence electrons. The van der Waals surface area contributed by atoms with Crippen LogP contribution >= 0.6 is 112 Å². The lowest BCUT2D eigenvalue weighted by molar-refractivity contribution is -0.183. The molecule has 9 aliphatic heterocycles. The quantitative estimate of drug-likeness (QED) is 0.0200. The van der Waals surface area contributed by atoms with E-state index >= 15 is 0 Å². The van der Waals surface area contributed by atoms with E-state index in [1.54, 1.807) is 65.8 Å². The Morgan fingerprint density at radius 2 is 0.370 bits per heavy atom. The first-order valence-electron chi connectivity index (χ1n) is 37.7. The molecule has 9 heterocycles. The number of hydrogen-bond donors (Lipinski definition) is 0. The molecule has 0 N–H and O–H groups in total. The number of imide groups is 3. The van der Waals surface area contributed by atoms with E-state index in [0.29, 0.717) is 0 Å². The first kappa shape index (κ1) is 100. The minimum Gasteiger partial charge on any atom is -0.464 e. The predicted molar refractivity (Wildman–Crippen MR) is 439 cm³/mol. The van der Waals surface area contributed by atoms with E-state index in [-0.39, 0.29) is 68.7 Å². The van der Waals surface area contributed by atoms with Crippen molar-refractivity contribution in [1.29, 1.82) is 0 Å². The Labute approximate surface area is 746 Å². The molecule has 0 radical (unpaired) electrons. The third kappa shape index (κ3) is 24.1. The van der Waals surface area contributed by atoms with Crippen molar-refractivity contribution < 1.29 is 148 Å². The van der Waals surface area contributed by atoms with Gasteiger partial charge >= 0.3 is 65.7 Å². The van der Waals surface area contributed by atoms with Crippen LogP contribution in [-0.4, -0.2) is 275 Å². The second-order valence-electron chi connectivity index (χ2n) is 34.6. The SMILES string of the molecule is CC(C)(Br)C(=O)OCC(C)(COC(=O)C(C)(C)Br)C(=O)OCC(C)(COC(=O)C(C)(COC(=O)C(C)(C)Br)COC(=O)C(C)(C)Br)C(=O)OCCN1C(=O)[C@@H]2C3C=CC(O3)[C@@H]2C1=O.CC(C)(Br)C(=O)OCC(C)(COC(=O)C(C)(C)Br)C(=O)OCCN1C(=O)[C@@H]2C3C=CC(O3)[C@@H]2C1=O.CC(C)(Br)C(=O)OCCN1C(=O)[C@@H]2C3C=CC(O3)[C@@H]2C1=O. The second kappa shape index (κ2) is 38.3. The number of amides is 6. The monoisotopic (exact) mass is 2130 g/mol. The van der Waals surface area contributed by atoms with Gasteiger partial charge in [-0.3, -0.25) is 96.2 Å². The fourth-order valence-electron chi connectivity index (χ4n) is 12.8. The van der Waals surface area contributed by atoms with Crippen LogP contribution in [0.1, 0.15) is 125 Å².